The molecule has 1 aliphatic heterocycles. The summed E-state index contributed by atoms with van der Waals surface area (Å²) in [4.78, 5) is 0. The Kier molecular flexibility index (Phi) is 4.78. The first-order valence-corrected chi connectivity index (χ1v) is 7.97. The normalized spacial score (nSPS) is 22.9. The van der Waals surface area contributed by atoms with Gasteiger partial charge in [-0.1, -0.05) is 6.08 Å². The van der Waals surface area contributed by atoms with Gasteiger partial charge in [0, 0.05) is 31.3 Å². The molecule has 0 N–H and O–H groups in total. The number of allylic oxidation sites excluding steroid dienone is 1. The fourth-order valence-corrected chi connectivity index (χ4v) is 5.87. The van der Waals surface area contributed by atoms with Crippen LogP contribution in [0.2, 0.25) is 0 Å². The highest BCUT2D eigenvalue weighted by Gasteiger charge is 2.41. The SMILES string of the molecule is C=CCP1(=O)N(C(C)C)CCCN1C(C)C. The molecule has 94 valence electrons. The van der Waals surface area contributed by atoms with Crippen molar-refractivity contribution in [2.45, 2.75) is 46.2 Å². The standard InChI is InChI=1S/C12H25N2OP/c1-6-10-16(15)13(11(2)3)8-7-9-14(16)12(4)5/h6,11-12H,1,7-10H2,2-5H3. The second-order valence-electron chi connectivity index (χ2n) is 5.00. The molecule has 1 saturated heterocycles. The van der Waals surface area contributed by atoms with Crippen LogP contribution >= 0.6 is 7.44 Å². The molecule has 1 heterocycles. The molecule has 0 spiro atoms. The van der Waals surface area contributed by atoms with Crippen molar-refractivity contribution in [2.75, 3.05) is 19.3 Å². The van der Waals surface area contributed by atoms with E-state index in [0.717, 1.165) is 19.5 Å². The van der Waals surface area contributed by atoms with Crippen LogP contribution < -0.4 is 0 Å². The van der Waals surface area contributed by atoms with Gasteiger partial charge in [0.1, 0.15) is 0 Å². The molecule has 1 aliphatic rings. The van der Waals surface area contributed by atoms with Gasteiger partial charge in [0.2, 0.25) is 7.44 Å². The van der Waals surface area contributed by atoms with E-state index in [1.165, 1.54) is 0 Å². The second kappa shape index (κ2) is 5.48. The highest BCUT2D eigenvalue weighted by atomic mass is 31.2. The van der Waals surface area contributed by atoms with Crippen LogP contribution in [0.1, 0.15) is 34.1 Å². The Morgan fingerprint density at radius 3 is 1.94 bits per heavy atom. The molecular weight excluding hydrogens is 219 g/mol. The summed E-state index contributed by atoms with van der Waals surface area (Å²) in [6, 6.07) is 0.680. The van der Waals surface area contributed by atoms with Crippen molar-refractivity contribution in [1.29, 1.82) is 0 Å². The van der Waals surface area contributed by atoms with E-state index < -0.39 is 7.44 Å². The molecule has 0 amide bonds. The van der Waals surface area contributed by atoms with Gasteiger partial charge in [0.05, 0.1) is 0 Å². The number of rotatable bonds is 4. The number of nitrogens with zero attached hydrogens (tertiary/aromatic N) is 2. The van der Waals surface area contributed by atoms with Crippen LogP contribution in [0.25, 0.3) is 0 Å². The average Bonchev–Trinajstić information content (AvgIpc) is 2.16. The van der Waals surface area contributed by atoms with Crippen LogP contribution in [0.4, 0.5) is 0 Å². The third-order valence-corrected chi connectivity index (χ3v) is 6.80. The molecule has 1 rings (SSSR count). The van der Waals surface area contributed by atoms with Gasteiger partial charge in [-0.25, -0.2) is 9.34 Å². The fraction of sp³-hybridized carbons (Fsp3) is 0.833. The van der Waals surface area contributed by atoms with E-state index in [9.17, 15) is 4.57 Å². The molecule has 16 heavy (non-hydrogen) atoms. The lowest BCUT2D eigenvalue weighted by atomic mass is 10.3. The number of hydrogen-bond donors (Lipinski definition) is 0. The third kappa shape index (κ3) is 2.58. The minimum absolute atomic E-state index is 0.340. The Bertz CT molecular complexity index is 269. The van der Waals surface area contributed by atoms with Crippen LogP contribution in [0, 0.1) is 0 Å². The van der Waals surface area contributed by atoms with Crippen molar-refractivity contribution >= 4 is 7.44 Å². The molecule has 0 saturated carbocycles. The zero-order valence-electron chi connectivity index (χ0n) is 11.0. The molecule has 0 aliphatic carbocycles. The Morgan fingerprint density at radius 1 is 1.19 bits per heavy atom. The molecule has 0 aromatic heterocycles. The highest BCUT2D eigenvalue weighted by Crippen LogP contribution is 2.57. The van der Waals surface area contributed by atoms with E-state index in [1.807, 2.05) is 0 Å². The van der Waals surface area contributed by atoms with Crippen LogP contribution in [0.3, 0.4) is 0 Å². The van der Waals surface area contributed by atoms with Crippen molar-refractivity contribution in [3.63, 3.8) is 0 Å². The molecule has 3 nitrogen and oxygen atoms in total. The molecule has 1 fully saturated rings. The Morgan fingerprint density at radius 2 is 1.62 bits per heavy atom. The zero-order valence-corrected chi connectivity index (χ0v) is 11.9. The lowest BCUT2D eigenvalue weighted by molar-refractivity contribution is 0.229. The maximum Gasteiger partial charge on any atom is 0.220 e. The summed E-state index contributed by atoms with van der Waals surface area (Å²) in [6.45, 7) is 14.2. The Labute approximate surface area is 100.0 Å². The molecule has 0 aromatic carbocycles. The molecular formula is C12H25N2OP. The fourth-order valence-electron chi connectivity index (χ4n) is 2.47. The van der Waals surface area contributed by atoms with Crippen molar-refractivity contribution in [2.24, 2.45) is 0 Å². The van der Waals surface area contributed by atoms with Gasteiger partial charge < -0.3 is 0 Å². The van der Waals surface area contributed by atoms with Crippen LogP contribution in [0.5, 0.6) is 0 Å². The van der Waals surface area contributed by atoms with Crippen molar-refractivity contribution in [1.82, 2.24) is 9.34 Å². The average molecular weight is 244 g/mol. The molecule has 0 atom stereocenters. The largest absolute Gasteiger partial charge is 0.288 e. The summed E-state index contributed by atoms with van der Waals surface area (Å²) in [5, 5.41) is 0. The molecule has 0 radical (unpaired) electrons. The molecule has 0 bridgehead atoms. The van der Waals surface area contributed by atoms with Crippen molar-refractivity contribution in [3.8, 4) is 0 Å². The van der Waals surface area contributed by atoms with E-state index in [1.54, 1.807) is 6.08 Å². The quantitative estimate of drug-likeness (QED) is 0.560. The molecule has 0 aromatic rings. The summed E-state index contributed by atoms with van der Waals surface area (Å²) >= 11 is 0. The van der Waals surface area contributed by atoms with Crippen LogP contribution in [0.15, 0.2) is 12.7 Å². The highest BCUT2D eigenvalue weighted by molar-refractivity contribution is 7.59. The number of hydrogen-bond acceptors (Lipinski definition) is 1. The first kappa shape index (κ1) is 14.0. The summed E-state index contributed by atoms with van der Waals surface area (Å²) in [7, 11) is -2.40. The predicted octanol–water partition coefficient (Wildman–Crippen LogP) is 3.19. The minimum atomic E-state index is -2.40. The smallest absolute Gasteiger partial charge is 0.220 e. The van der Waals surface area contributed by atoms with Gasteiger partial charge in [-0.15, -0.1) is 6.58 Å². The van der Waals surface area contributed by atoms with Crippen molar-refractivity contribution < 1.29 is 4.57 Å². The first-order chi connectivity index (χ1) is 7.43. The summed E-state index contributed by atoms with van der Waals surface area (Å²) in [5.74, 6) is 0. The van der Waals surface area contributed by atoms with Gasteiger partial charge in [-0.2, -0.15) is 0 Å². The third-order valence-electron chi connectivity index (χ3n) is 3.14. The first-order valence-electron chi connectivity index (χ1n) is 6.17. The van der Waals surface area contributed by atoms with E-state index in [0.29, 0.717) is 18.2 Å². The molecule has 4 heteroatoms. The van der Waals surface area contributed by atoms with Gasteiger partial charge >= 0.3 is 0 Å². The maximum absolute atomic E-state index is 13.2. The summed E-state index contributed by atoms with van der Waals surface area (Å²) in [6.07, 6.45) is 3.51. The van der Waals surface area contributed by atoms with E-state index in [2.05, 4.69) is 43.6 Å². The van der Waals surface area contributed by atoms with Gasteiger partial charge in [0.25, 0.3) is 0 Å². The zero-order chi connectivity index (χ0) is 12.3. The van der Waals surface area contributed by atoms with Gasteiger partial charge in [-0.3, -0.25) is 4.57 Å². The Balaban J connectivity index is 3.02. The summed E-state index contributed by atoms with van der Waals surface area (Å²) in [5.41, 5.74) is 0. The van der Waals surface area contributed by atoms with Crippen LogP contribution in [-0.2, 0) is 4.57 Å². The van der Waals surface area contributed by atoms with Crippen LogP contribution in [-0.4, -0.2) is 40.7 Å². The monoisotopic (exact) mass is 244 g/mol. The Hall–Kier alpha value is -0.110. The van der Waals surface area contributed by atoms with Gasteiger partial charge in [-0.05, 0) is 34.1 Å². The summed E-state index contributed by atoms with van der Waals surface area (Å²) < 4.78 is 17.5. The van der Waals surface area contributed by atoms with E-state index in [4.69, 9.17) is 0 Å². The minimum Gasteiger partial charge on any atom is -0.288 e. The lowest BCUT2D eigenvalue weighted by Crippen LogP contribution is -2.45. The topological polar surface area (TPSA) is 23.6 Å². The van der Waals surface area contributed by atoms with Gasteiger partial charge in [0.15, 0.2) is 0 Å². The van der Waals surface area contributed by atoms with E-state index >= 15 is 0 Å². The van der Waals surface area contributed by atoms with Crippen molar-refractivity contribution in [3.05, 3.63) is 12.7 Å². The predicted molar refractivity (Wildman–Crippen MR) is 71.0 cm³/mol. The molecule has 0 unspecified atom stereocenters. The van der Waals surface area contributed by atoms with E-state index in [-0.39, 0.29) is 0 Å². The maximum atomic E-state index is 13.2. The second-order valence-corrected chi connectivity index (χ2v) is 7.73. The lowest BCUT2D eigenvalue weighted by Gasteiger charge is -2.46.